The number of hydrogen-bond donors (Lipinski definition) is 1. The SMILES string of the molecule is CCl.CO.O=c1c2cccc3cccc(c32)c2nc3ccccc3n12. The first-order valence-corrected chi connectivity index (χ1v) is 8.47. The lowest BCUT2D eigenvalue weighted by Crippen LogP contribution is -2.13. The number of pyridine rings is 1. The molecule has 0 atom stereocenters. The quantitative estimate of drug-likeness (QED) is 0.428. The molecule has 0 saturated heterocycles. The number of aliphatic hydroxyl groups excluding tert-OH is 1. The van der Waals surface area contributed by atoms with Crippen LogP contribution in [-0.4, -0.2) is 28.0 Å². The molecule has 0 unspecified atom stereocenters. The highest BCUT2D eigenvalue weighted by molar-refractivity contribution is 6.15. The van der Waals surface area contributed by atoms with Crippen molar-refractivity contribution in [2.24, 2.45) is 0 Å². The zero-order chi connectivity index (χ0) is 18.0. The van der Waals surface area contributed by atoms with Crippen LogP contribution in [0.2, 0.25) is 0 Å². The molecule has 0 bridgehead atoms. The van der Waals surface area contributed by atoms with Crippen LogP contribution in [0.5, 0.6) is 0 Å². The standard InChI is InChI=1S/C18H10N2O.CH3Cl.CH4O/c21-18-13-8-4-6-11-5-3-7-12(16(11)13)17-19-14-9-1-2-10-15(14)20(17)18;2*1-2/h1-10H;1H3;2H,1H3. The first-order chi connectivity index (χ1) is 12.3. The summed E-state index contributed by atoms with van der Waals surface area (Å²) in [6, 6.07) is 19.7. The Morgan fingerprint density at radius 2 is 1.52 bits per heavy atom. The molecule has 25 heavy (non-hydrogen) atoms. The molecule has 0 aliphatic heterocycles. The molecule has 0 fully saturated rings. The number of halogens is 1. The van der Waals surface area contributed by atoms with Crippen molar-refractivity contribution in [3.8, 4) is 0 Å². The fourth-order valence-corrected chi connectivity index (χ4v) is 3.24. The van der Waals surface area contributed by atoms with Gasteiger partial charge in [0.1, 0.15) is 5.65 Å². The normalized spacial score (nSPS) is 10.6. The van der Waals surface area contributed by atoms with Gasteiger partial charge in [0.15, 0.2) is 0 Å². The summed E-state index contributed by atoms with van der Waals surface area (Å²) in [6.07, 6.45) is 1.47. The number of aromatic nitrogens is 2. The summed E-state index contributed by atoms with van der Waals surface area (Å²) in [5.41, 5.74) is 2.46. The molecular formula is C20H17ClN2O2. The van der Waals surface area contributed by atoms with E-state index in [1.165, 1.54) is 6.38 Å². The largest absolute Gasteiger partial charge is 0.400 e. The van der Waals surface area contributed by atoms with Crippen molar-refractivity contribution in [3.05, 3.63) is 71.0 Å². The second-order valence-electron chi connectivity index (χ2n) is 5.27. The minimum absolute atomic E-state index is 0.00278. The van der Waals surface area contributed by atoms with E-state index in [-0.39, 0.29) is 5.56 Å². The zero-order valence-corrected chi connectivity index (χ0v) is 14.7. The van der Waals surface area contributed by atoms with Crippen molar-refractivity contribution < 1.29 is 5.11 Å². The van der Waals surface area contributed by atoms with E-state index in [1.807, 2.05) is 60.7 Å². The maximum absolute atomic E-state index is 12.9. The number of aliphatic hydroxyl groups is 1. The van der Waals surface area contributed by atoms with E-state index < -0.39 is 0 Å². The molecular weight excluding hydrogens is 336 g/mol. The van der Waals surface area contributed by atoms with Gasteiger partial charge < -0.3 is 5.11 Å². The van der Waals surface area contributed by atoms with Gasteiger partial charge in [0.2, 0.25) is 0 Å². The van der Waals surface area contributed by atoms with Crippen molar-refractivity contribution >= 4 is 49.8 Å². The molecule has 5 aromatic rings. The van der Waals surface area contributed by atoms with Crippen molar-refractivity contribution in [3.63, 3.8) is 0 Å². The van der Waals surface area contributed by atoms with Gasteiger partial charge in [-0.1, -0.05) is 42.5 Å². The molecule has 2 aromatic heterocycles. The Labute approximate surface area is 149 Å². The van der Waals surface area contributed by atoms with Gasteiger partial charge in [-0.25, -0.2) is 4.98 Å². The van der Waals surface area contributed by atoms with E-state index >= 15 is 0 Å². The van der Waals surface area contributed by atoms with Crippen LogP contribution in [0.4, 0.5) is 0 Å². The Morgan fingerprint density at radius 3 is 2.24 bits per heavy atom. The minimum Gasteiger partial charge on any atom is -0.400 e. The average molecular weight is 353 g/mol. The van der Waals surface area contributed by atoms with Crippen molar-refractivity contribution in [1.29, 1.82) is 0 Å². The third-order valence-electron chi connectivity index (χ3n) is 4.14. The second-order valence-corrected chi connectivity index (χ2v) is 5.27. The highest BCUT2D eigenvalue weighted by atomic mass is 35.5. The molecule has 0 aliphatic carbocycles. The Balaban J connectivity index is 0.000000428. The van der Waals surface area contributed by atoms with Gasteiger partial charge in [0, 0.05) is 29.7 Å². The van der Waals surface area contributed by atoms with Crippen molar-refractivity contribution in [1.82, 2.24) is 9.38 Å². The summed E-state index contributed by atoms with van der Waals surface area (Å²) in [7, 11) is 1.00. The number of rotatable bonds is 0. The van der Waals surface area contributed by atoms with Gasteiger partial charge in [-0.3, -0.25) is 9.20 Å². The molecule has 0 spiro atoms. The van der Waals surface area contributed by atoms with Gasteiger partial charge in [-0.05, 0) is 23.6 Å². The van der Waals surface area contributed by atoms with Crippen LogP contribution in [0.1, 0.15) is 0 Å². The van der Waals surface area contributed by atoms with E-state index in [9.17, 15) is 4.79 Å². The third-order valence-corrected chi connectivity index (χ3v) is 4.14. The molecule has 0 aliphatic rings. The van der Waals surface area contributed by atoms with Crippen LogP contribution in [-0.2, 0) is 0 Å². The summed E-state index contributed by atoms with van der Waals surface area (Å²) in [6.45, 7) is 0. The Kier molecular flexibility index (Phi) is 4.83. The number of para-hydroxylation sites is 2. The first kappa shape index (κ1) is 17.1. The summed E-state index contributed by atoms with van der Waals surface area (Å²) in [5, 5.41) is 10.9. The summed E-state index contributed by atoms with van der Waals surface area (Å²) in [5.74, 6) is 0. The predicted molar refractivity (Wildman–Crippen MR) is 105 cm³/mol. The van der Waals surface area contributed by atoms with Crippen LogP contribution < -0.4 is 5.56 Å². The molecule has 2 heterocycles. The van der Waals surface area contributed by atoms with E-state index in [4.69, 9.17) is 5.11 Å². The number of hydrogen-bond acceptors (Lipinski definition) is 3. The minimum atomic E-state index is 0.00278. The molecule has 5 heteroatoms. The van der Waals surface area contributed by atoms with Gasteiger partial charge >= 0.3 is 0 Å². The van der Waals surface area contributed by atoms with E-state index in [1.54, 1.807) is 4.40 Å². The van der Waals surface area contributed by atoms with Gasteiger partial charge in [-0.15, -0.1) is 11.6 Å². The van der Waals surface area contributed by atoms with Crippen molar-refractivity contribution in [2.45, 2.75) is 0 Å². The number of nitrogens with zero attached hydrogens (tertiary/aromatic N) is 2. The van der Waals surface area contributed by atoms with Crippen molar-refractivity contribution in [2.75, 3.05) is 13.5 Å². The molecule has 4 nitrogen and oxygen atoms in total. The maximum atomic E-state index is 12.9. The summed E-state index contributed by atoms with van der Waals surface area (Å²) < 4.78 is 1.73. The van der Waals surface area contributed by atoms with Gasteiger partial charge in [0.05, 0.1) is 11.0 Å². The third kappa shape index (κ3) is 2.51. The van der Waals surface area contributed by atoms with Crippen LogP contribution in [0, 0.1) is 0 Å². The van der Waals surface area contributed by atoms with E-state index in [0.717, 1.165) is 45.3 Å². The molecule has 126 valence electrons. The Bertz CT molecular complexity index is 1210. The molecule has 0 amide bonds. The van der Waals surface area contributed by atoms with Crippen LogP contribution in [0.25, 0.3) is 38.2 Å². The first-order valence-electron chi connectivity index (χ1n) is 7.71. The highest BCUT2D eigenvalue weighted by Crippen LogP contribution is 2.29. The average Bonchev–Trinajstić information content (AvgIpc) is 3.09. The van der Waals surface area contributed by atoms with Gasteiger partial charge in [0.25, 0.3) is 5.56 Å². The molecule has 3 aromatic carbocycles. The topological polar surface area (TPSA) is 54.6 Å². The maximum Gasteiger partial charge on any atom is 0.264 e. The second kappa shape index (κ2) is 7.05. The zero-order valence-electron chi connectivity index (χ0n) is 13.9. The Hall–Kier alpha value is -2.69. The van der Waals surface area contributed by atoms with E-state index in [0.29, 0.717) is 0 Å². The lowest BCUT2D eigenvalue weighted by molar-refractivity contribution is 0.399. The van der Waals surface area contributed by atoms with Gasteiger partial charge in [-0.2, -0.15) is 0 Å². The number of alkyl halides is 1. The molecule has 0 radical (unpaired) electrons. The smallest absolute Gasteiger partial charge is 0.264 e. The molecule has 5 rings (SSSR count). The fraction of sp³-hybridized carbons (Fsp3) is 0.100. The molecule has 1 N–H and O–H groups in total. The van der Waals surface area contributed by atoms with E-state index in [2.05, 4.69) is 16.6 Å². The number of imidazole rings is 1. The lowest BCUT2D eigenvalue weighted by Gasteiger charge is -2.06. The number of benzene rings is 3. The summed E-state index contributed by atoms with van der Waals surface area (Å²) >= 11 is 4.64. The number of fused-ring (bicyclic) bond motifs is 4. The monoisotopic (exact) mass is 352 g/mol. The summed E-state index contributed by atoms with van der Waals surface area (Å²) in [4.78, 5) is 17.6. The highest BCUT2D eigenvalue weighted by Gasteiger charge is 2.14. The Morgan fingerprint density at radius 1 is 0.880 bits per heavy atom. The van der Waals surface area contributed by atoms with Crippen LogP contribution in [0.15, 0.2) is 65.5 Å². The van der Waals surface area contributed by atoms with Crippen LogP contribution >= 0.6 is 11.6 Å². The van der Waals surface area contributed by atoms with Crippen LogP contribution in [0.3, 0.4) is 0 Å². The fourth-order valence-electron chi connectivity index (χ4n) is 3.24. The lowest BCUT2D eigenvalue weighted by atomic mass is 10.0. The molecule has 0 saturated carbocycles. The predicted octanol–water partition coefficient (Wildman–Crippen LogP) is 4.06.